The zero-order chi connectivity index (χ0) is 46.1. The molecular weight excluding hydrogens is 880 g/mol. The number of hydrogen-bond acceptors (Lipinski definition) is 6. The summed E-state index contributed by atoms with van der Waals surface area (Å²) in [6, 6.07) is 62.0. The van der Waals surface area contributed by atoms with Gasteiger partial charge in [0, 0.05) is 75.3 Å². The van der Waals surface area contributed by atoms with Gasteiger partial charge in [-0.3, -0.25) is 0 Å². The maximum Gasteiger partial charge on any atom is 0.226 e. The standard InChI is InChI=1S/C62H49BN2O2S2/c1-37-32-52-59-53(33-37)65(44-23-19-42(20-24-44)62(2,3)4)60-49(27-29-54-61(60)67-31-9-30-66-54)63(59)50-34-39(41-17-26-48-46-11-6-8-13-56(46)69-58(48)36-41)18-28-51(50)64(52)43-21-14-38(15-22-43)40-16-25-47-45-10-5-7-12-55(45)68-57(47)35-40/h5-8,10-29,32-36,52,59H,9,30-31H2,1-4H3. The van der Waals surface area contributed by atoms with Crippen LogP contribution in [0.1, 0.15) is 39.7 Å². The van der Waals surface area contributed by atoms with Gasteiger partial charge in [-0.15, -0.1) is 22.7 Å². The van der Waals surface area contributed by atoms with Gasteiger partial charge in [-0.2, -0.15) is 0 Å². The second-order valence-corrected chi connectivity index (χ2v) is 22.5. The number of hydrogen-bond donors (Lipinski definition) is 0. The summed E-state index contributed by atoms with van der Waals surface area (Å²) >= 11 is 3.76. The molecule has 0 radical (unpaired) electrons. The molecule has 4 aliphatic rings. The van der Waals surface area contributed by atoms with E-state index < -0.39 is 0 Å². The molecule has 7 heteroatoms. The van der Waals surface area contributed by atoms with Crippen LogP contribution in [0.2, 0.25) is 5.82 Å². The Balaban J connectivity index is 0.970. The molecule has 2 atom stereocenters. The van der Waals surface area contributed by atoms with E-state index in [4.69, 9.17) is 9.47 Å². The molecule has 1 aliphatic carbocycles. The molecule has 334 valence electrons. The highest BCUT2D eigenvalue weighted by molar-refractivity contribution is 7.26. The molecule has 69 heavy (non-hydrogen) atoms. The lowest BCUT2D eigenvalue weighted by Gasteiger charge is -2.53. The number of rotatable bonds is 4. The molecule has 3 aliphatic heterocycles. The molecule has 0 spiro atoms. The quantitative estimate of drug-likeness (QED) is 0.164. The van der Waals surface area contributed by atoms with Crippen LogP contribution in [-0.4, -0.2) is 26.0 Å². The molecule has 0 N–H and O–H groups in total. The predicted molar refractivity (Wildman–Crippen MR) is 295 cm³/mol. The van der Waals surface area contributed by atoms with Crippen LogP contribution in [-0.2, 0) is 5.41 Å². The lowest BCUT2D eigenvalue weighted by molar-refractivity contribution is 0.297. The predicted octanol–water partition coefficient (Wildman–Crippen LogP) is 15.7. The summed E-state index contributed by atoms with van der Waals surface area (Å²) in [4.78, 5) is 5.16. The van der Waals surface area contributed by atoms with E-state index >= 15 is 0 Å². The molecule has 0 saturated carbocycles. The minimum atomic E-state index is 0.0275. The van der Waals surface area contributed by atoms with Gasteiger partial charge in [0.05, 0.1) is 24.9 Å². The lowest BCUT2D eigenvalue weighted by Crippen LogP contribution is -2.63. The fourth-order valence-electron chi connectivity index (χ4n) is 11.8. The number of benzene rings is 8. The topological polar surface area (TPSA) is 24.9 Å². The van der Waals surface area contributed by atoms with Crippen LogP contribution in [0.15, 0.2) is 187 Å². The van der Waals surface area contributed by atoms with Crippen molar-refractivity contribution >= 4 is 103 Å². The molecular formula is C62H49BN2O2S2. The Morgan fingerprint density at radius 1 is 0.565 bits per heavy atom. The van der Waals surface area contributed by atoms with Gasteiger partial charge in [-0.1, -0.05) is 136 Å². The molecule has 0 bridgehead atoms. The first-order valence-electron chi connectivity index (χ1n) is 24.3. The monoisotopic (exact) mass is 928 g/mol. The number of nitrogens with zero attached hydrogens (tertiary/aromatic N) is 2. The minimum Gasteiger partial charge on any atom is -0.489 e. The summed E-state index contributed by atoms with van der Waals surface area (Å²) in [5.74, 6) is 1.74. The Morgan fingerprint density at radius 2 is 1.16 bits per heavy atom. The van der Waals surface area contributed by atoms with E-state index in [0.717, 1.165) is 29.3 Å². The molecule has 14 rings (SSSR count). The highest BCUT2D eigenvalue weighted by Crippen LogP contribution is 2.55. The zero-order valence-electron chi connectivity index (χ0n) is 39.1. The molecule has 0 amide bonds. The van der Waals surface area contributed by atoms with Crippen LogP contribution in [0.3, 0.4) is 0 Å². The minimum absolute atomic E-state index is 0.0275. The van der Waals surface area contributed by atoms with Crippen LogP contribution in [0.5, 0.6) is 11.5 Å². The Kier molecular flexibility index (Phi) is 9.19. The molecule has 10 aromatic rings. The van der Waals surface area contributed by atoms with Gasteiger partial charge in [-0.05, 0) is 118 Å². The normalized spacial score (nSPS) is 17.4. The van der Waals surface area contributed by atoms with Crippen molar-refractivity contribution in [3.63, 3.8) is 0 Å². The van der Waals surface area contributed by atoms with Crippen molar-refractivity contribution in [2.75, 3.05) is 23.0 Å². The van der Waals surface area contributed by atoms with Crippen LogP contribution < -0.4 is 30.2 Å². The van der Waals surface area contributed by atoms with Crippen molar-refractivity contribution in [3.8, 4) is 33.8 Å². The largest absolute Gasteiger partial charge is 0.489 e. The number of thiophene rings is 2. The first kappa shape index (κ1) is 41.0. The Hall–Kier alpha value is -7.06. The van der Waals surface area contributed by atoms with Crippen LogP contribution in [0.25, 0.3) is 62.6 Å². The number of ether oxygens (including phenoxy) is 2. The summed E-state index contributed by atoms with van der Waals surface area (Å²) in [5.41, 5.74) is 16.0. The summed E-state index contributed by atoms with van der Waals surface area (Å²) < 4.78 is 18.6. The van der Waals surface area contributed by atoms with Gasteiger partial charge < -0.3 is 19.3 Å². The smallest absolute Gasteiger partial charge is 0.226 e. The van der Waals surface area contributed by atoms with Crippen molar-refractivity contribution in [2.24, 2.45) is 0 Å². The second-order valence-electron chi connectivity index (χ2n) is 20.3. The first-order chi connectivity index (χ1) is 33.7. The van der Waals surface area contributed by atoms with Gasteiger partial charge in [0.2, 0.25) is 6.71 Å². The van der Waals surface area contributed by atoms with E-state index in [9.17, 15) is 0 Å². The van der Waals surface area contributed by atoms with E-state index in [1.165, 1.54) is 102 Å². The number of fused-ring (bicyclic) bond motifs is 12. The average Bonchev–Trinajstić information content (AvgIpc) is 3.83. The molecule has 2 unspecified atom stereocenters. The third-order valence-corrected chi connectivity index (χ3v) is 17.4. The fraction of sp³-hybridized carbons (Fsp3) is 0.161. The highest BCUT2D eigenvalue weighted by atomic mass is 32.1. The van der Waals surface area contributed by atoms with Gasteiger partial charge in [-0.25, -0.2) is 0 Å². The maximum atomic E-state index is 6.83. The fourth-order valence-corrected chi connectivity index (χ4v) is 14.1. The highest BCUT2D eigenvalue weighted by Gasteiger charge is 2.53. The number of anilines is 4. The van der Waals surface area contributed by atoms with E-state index in [1.807, 2.05) is 22.7 Å². The average molecular weight is 929 g/mol. The van der Waals surface area contributed by atoms with Crippen molar-refractivity contribution in [3.05, 3.63) is 193 Å². The molecule has 5 heterocycles. The van der Waals surface area contributed by atoms with Crippen LogP contribution in [0.4, 0.5) is 22.7 Å². The van der Waals surface area contributed by atoms with Crippen LogP contribution in [0, 0.1) is 0 Å². The molecule has 8 aromatic carbocycles. The molecule has 0 saturated heterocycles. The first-order valence-corrected chi connectivity index (χ1v) is 26.0. The summed E-state index contributed by atoms with van der Waals surface area (Å²) in [5, 5.41) is 5.30. The van der Waals surface area contributed by atoms with E-state index in [1.54, 1.807) is 0 Å². The third kappa shape index (κ3) is 6.47. The van der Waals surface area contributed by atoms with Gasteiger partial charge >= 0.3 is 0 Å². The Morgan fingerprint density at radius 3 is 1.86 bits per heavy atom. The lowest BCUT2D eigenvalue weighted by atomic mass is 9.28. The summed E-state index contributed by atoms with van der Waals surface area (Å²) in [6.07, 6.45) is 5.80. The summed E-state index contributed by atoms with van der Waals surface area (Å²) in [7, 11) is 0. The van der Waals surface area contributed by atoms with Crippen molar-refractivity contribution in [1.29, 1.82) is 0 Å². The van der Waals surface area contributed by atoms with E-state index in [-0.39, 0.29) is 24.0 Å². The number of allylic oxidation sites excluding steroid dienone is 2. The van der Waals surface area contributed by atoms with Crippen LogP contribution >= 0.6 is 22.7 Å². The molecule has 0 fully saturated rings. The zero-order valence-corrected chi connectivity index (χ0v) is 40.8. The van der Waals surface area contributed by atoms with Crippen molar-refractivity contribution < 1.29 is 9.47 Å². The SMILES string of the molecule is CC1=CC2C3B(c4cc(-c5ccc6c(c5)sc5ccccc56)ccc4N2c2ccc(-c4ccc5c(c4)sc4ccccc45)cc2)c2ccc4c(c2N(c2ccc(C(C)(C)C)cc2)C3=C1)OCCCO4. The van der Waals surface area contributed by atoms with E-state index in [2.05, 4.69) is 213 Å². The van der Waals surface area contributed by atoms with Crippen molar-refractivity contribution in [2.45, 2.75) is 51.4 Å². The van der Waals surface area contributed by atoms with Gasteiger partial charge in [0.1, 0.15) is 0 Å². The Bertz CT molecular complexity index is 3800. The molecule has 2 aromatic heterocycles. The van der Waals surface area contributed by atoms with Gasteiger partial charge in [0.15, 0.2) is 11.5 Å². The Labute approximate surface area is 411 Å². The van der Waals surface area contributed by atoms with Crippen molar-refractivity contribution in [1.82, 2.24) is 0 Å². The second kappa shape index (κ2) is 15.5. The third-order valence-electron chi connectivity index (χ3n) is 15.1. The summed E-state index contributed by atoms with van der Waals surface area (Å²) in [6.45, 7) is 10.4. The van der Waals surface area contributed by atoms with E-state index in [0.29, 0.717) is 13.2 Å². The maximum absolute atomic E-state index is 6.83. The molecule has 4 nitrogen and oxygen atoms in total. The van der Waals surface area contributed by atoms with Gasteiger partial charge in [0.25, 0.3) is 0 Å².